The average molecular weight is 348 g/mol. The van der Waals surface area contributed by atoms with Crippen molar-refractivity contribution in [1.82, 2.24) is 0 Å². The fourth-order valence-corrected chi connectivity index (χ4v) is 3.34. The molecule has 0 saturated heterocycles. The molecule has 1 atom stereocenters. The lowest BCUT2D eigenvalue weighted by atomic mass is 9.86. The highest BCUT2D eigenvalue weighted by molar-refractivity contribution is 7.19. The Morgan fingerprint density at radius 1 is 0.750 bits per heavy atom. The molecule has 130 valence electrons. The Kier molecular flexibility index (Phi) is 5.95. The van der Waals surface area contributed by atoms with Gasteiger partial charge in [-0.2, -0.15) is 0 Å². The topological polar surface area (TPSA) is 36.9 Å². The summed E-state index contributed by atoms with van der Waals surface area (Å²) in [6.07, 6.45) is 0.850. The van der Waals surface area contributed by atoms with E-state index in [1.54, 1.807) is 28.4 Å². The molecule has 0 aliphatic heterocycles. The minimum atomic E-state index is -0.352. The van der Waals surface area contributed by atoms with E-state index in [9.17, 15) is 0 Å². The number of hydrogen-bond acceptors (Lipinski definition) is 4. The maximum Gasteiger partial charge on any atom is 0.127 e. The Hall–Kier alpha value is -1.93. The summed E-state index contributed by atoms with van der Waals surface area (Å²) >= 11 is 0. The Morgan fingerprint density at radius 3 is 1.46 bits per heavy atom. The third kappa shape index (κ3) is 3.29. The van der Waals surface area contributed by atoms with Crippen molar-refractivity contribution < 1.29 is 18.9 Å². The van der Waals surface area contributed by atoms with Crippen molar-refractivity contribution in [3.8, 4) is 23.0 Å². The summed E-state index contributed by atoms with van der Waals surface area (Å²) in [4.78, 5) is 0. The molecule has 24 heavy (non-hydrogen) atoms. The molecular formula is C19H25O4P. The van der Waals surface area contributed by atoms with Gasteiger partial charge in [0, 0.05) is 28.4 Å². The van der Waals surface area contributed by atoms with Gasteiger partial charge in [-0.1, -0.05) is 19.1 Å². The third-order valence-corrected chi connectivity index (χ3v) is 5.37. The van der Waals surface area contributed by atoms with Gasteiger partial charge in [-0.15, -0.1) is 9.24 Å². The lowest BCUT2D eigenvalue weighted by Crippen LogP contribution is -2.20. The van der Waals surface area contributed by atoms with Gasteiger partial charge in [0.25, 0.3) is 0 Å². The summed E-state index contributed by atoms with van der Waals surface area (Å²) < 4.78 is 21.9. The van der Waals surface area contributed by atoms with Crippen LogP contribution in [0.3, 0.4) is 0 Å². The first-order chi connectivity index (χ1) is 11.5. The third-order valence-electron chi connectivity index (χ3n) is 4.34. The van der Waals surface area contributed by atoms with Crippen LogP contribution in [-0.2, 0) is 5.16 Å². The second-order valence-electron chi connectivity index (χ2n) is 5.46. The van der Waals surface area contributed by atoms with Crippen LogP contribution in [0, 0.1) is 0 Å². The maximum atomic E-state index is 5.62. The smallest absolute Gasteiger partial charge is 0.127 e. The van der Waals surface area contributed by atoms with Crippen LogP contribution in [0.1, 0.15) is 24.5 Å². The molecule has 0 saturated carbocycles. The SMILES string of the molecule is CCC(P)(c1ccc(OC)cc1OC)c1ccc(OC)cc1OC. The molecule has 1 unspecified atom stereocenters. The molecule has 0 N–H and O–H groups in total. The Morgan fingerprint density at radius 2 is 1.17 bits per heavy atom. The van der Waals surface area contributed by atoms with E-state index in [2.05, 4.69) is 16.2 Å². The van der Waals surface area contributed by atoms with Crippen LogP contribution < -0.4 is 18.9 Å². The van der Waals surface area contributed by atoms with Gasteiger partial charge in [-0.3, -0.25) is 0 Å². The molecule has 0 fully saturated rings. The lowest BCUT2D eigenvalue weighted by Gasteiger charge is -2.32. The molecule has 4 nitrogen and oxygen atoms in total. The normalized spacial score (nSPS) is 11.1. The number of ether oxygens (including phenoxy) is 4. The zero-order valence-electron chi connectivity index (χ0n) is 14.9. The van der Waals surface area contributed by atoms with Crippen LogP contribution in [0.25, 0.3) is 0 Å². The van der Waals surface area contributed by atoms with Crippen LogP contribution in [0.15, 0.2) is 36.4 Å². The summed E-state index contributed by atoms with van der Waals surface area (Å²) in [5, 5.41) is -0.352. The predicted octanol–water partition coefficient (Wildman–Crippen LogP) is 4.25. The van der Waals surface area contributed by atoms with E-state index in [-0.39, 0.29) is 5.16 Å². The molecule has 5 heteroatoms. The fourth-order valence-electron chi connectivity index (χ4n) is 2.86. The first kappa shape index (κ1) is 18.4. The van der Waals surface area contributed by atoms with Gasteiger partial charge in [0.2, 0.25) is 0 Å². The molecule has 2 rings (SSSR count). The Labute approximate surface area is 146 Å². The molecule has 0 spiro atoms. The highest BCUT2D eigenvalue weighted by atomic mass is 31.0. The van der Waals surface area contributed by atoms with E-state index < -0.39 is 0 Å². The van der Waals surface area contributed by atoms with E-state index in [0.717, 1.165) is 40.5 Å². The molecule has 0 aliphatic rings. The van der Waals surface area contributed by atoms with E-state index in [0.29, 0.717) is 0 Å². The standard InChI is InChI=1S/C19H25O4P/c1-6-19(24,15-9-7-13(20-2)11-17(15)22-4)16-10-8-14(21-3)12-18(16)23-5/h7-12H,6,24H2,1-5H3. The van der Waals surface area contributed by atoms with Crippen molar-refractivity contribution in [3.05, 3.63) is 47.5 Å². The molecule has 0 bridgehead atoms. The number of benzene rings is 2. The van der Waals surface area contributed by atoms with Gasteiger partial charge in [-0.25, -0.2) is 0 Å². The van der Waals surface area contributed by atoms with Crippen LogP contribution >= 0.6 is 9.24 Å². The molecular weight excluding hydrogens is 323 g/mol. The zero-order chi connectivity index (χ0) is 17.7. The molecule has 0 aromatic heterocycles. The quantitative estimate of drug-likeness (QED) is 0.701. The first-order valence-electron chi connectivity index (χ1n) is 7.77. The van der Waals surface area contributed by atoms with Crippen molar-refractivity contribution in [3.63, 3.8) is 0 Å². The van der Waals surface area contributed by atoms with Crippen molar-refractivity contribution in [2.45, 2.75) is 18.5 Å². The van der Waals surface area contributed by atoms with E-state index in [1.807, 2.05) is 36.4 Å². The average Bonchev–Trinajstić information content (AvgIpc) is 2.66. The Balaban J connectivity index is 2.64. The monoisotopic (exact) mass is 348 g/mol. The van der Waals surface area contributed by atoms with E-state index in [1.165, 1.54) is 0 Å². The number of methoxy groups -OCH3 is 4. The van der Waals surface area contributed by atoms with Crippen LogP contribution in [0.2, 0.25) is 0 Å². The second kappa shape index (κ2) is 7.76. The predicted molar refractivity (Wildman–Crippen MR) is 99.9 cm³/mol. The van der Waals surface area contributed by atoms with E-state index >= 15 is 0 Å². The highest BCUT2D eigenvalue weighted by Crippen LogP contribution is 2.50. The Bertz CT molecular complexity index is 644. The minimum Gasteiger partial charge on any atom is -0.497 e. The van der Waals surface area contributed by atoms with Crippen molar-refractivity contribution in [2.24, 2.45) is 0 Å². The number of hydrogen-bond donors (Lipinski definition) is 0. The van der Waals surface area contributed by atoms with Crippen LogP contribution in [0.4, 0.5) is 0 Å². The maximum absolute atomic E-state index is 5.62. The summed E-state index contributed by atoms with van der Waals surface area (Å²) in [6, 6.07) is 11.8. The zero-order valence-corrected chi connectivity index (χ0v) is 16.0. The first-order valence-corrected chi connectivity index (χ1v) is 8.35. The van der Waals surface area contributed by atoms with E-state index in [4.69, 9.17) is 18.9 Å². The molecule has 0 heterocycles. The van der Waals surface area contributed by atoms with Crippen molar-refractivity contribution >= 4 is 9.24 Å². The van der Waals surface area contributed by atoms with Gasteiger partial charge < -0.3 is 18.9 Å². The lowest BCUT2D eigenvalue weighted by molar-refractivity contribution is 0.380. The van der Waals surface area contributed by atoms with Gasteiger partial charge in [0.05, 0.1) is 28.4 Å². The highest BCUT2D eigenvalue weighted by Gasteiger charge is 2.33. The van der Waals surface area contributed by atoms with Gasteiger partial charge >= 0.3 is 0 Å². The van der Waals surface area contributed by atoms with Crippen molar-refractivity contribution in [1.29, 1.82) is 0 Å². The minimum absolute atomic E-state index is 0.352. The second-order valence-corrected chi connectivity index (χ2v) is 6.44. The van der Waals surface area contributed by atoms with Gasteiger partial charge in [-0.05, 0) is 18.6 Å². The molecule has 0 amide bonds. The molecule has 2 aromatic rings. The summed E-state index contributed by atoms with van der Waals surface area (Å²) in [6.45, 7) is 2.14. The largest absolute Gasteiger partial charge is 0.497 e. The molecule has 2 aromatic carbocycles. The molecule has 0 aliphatic carbocycles. The van der Waals surface area contributed by atoms with Crippen LogP contribution in [0.5, 0.6) is 23.0 Å². The summed E-state index contributed by atoms with van der Waals surface area (Å²) in [5.41, 5.74) is 2.11. The van der Waals surface area contributed by atoms with Gasteiger partial charge in [0.1, 0.15) is 23.0 Å². The van der Waals surface area contributed by atoms with Crippen molar-refractivity contribution in [2.75, 3.05) is 28.4 Å². The van der Waals surface area contributed by atoms with Gasteiger partial charge in [0.15, 0.2) is 0 Å². The summed E-state index contributed by atoms with van der Waals surface area (Å²) in [7, 11) is 9.61. The fraction of sp³-hybridized carbons (Fsp3) is 0.368. The molecule has 0 radical (unpaired) electrons. The number of rotatable bonds is 7. The summed E-state index contributed by atoms with van der Waals surface area (Å²) in [5.74, 6) is 3.09. The van der Waals surface area contributed by atoms with Crippen LogP contribution in [-0.4, -0.2) is 28.4 Å².